The predicted octanol–water partition coefficient (Wildman–Crippen LogP) is 3.13. The SMILES string of the molecule is O=C(CN1CCCSc2ccccc21)N1CCN(S(=O)(=O)C=Cc2ccccc2)CC1. The molecule has 2 aromatic carbocycles. The molecule has 0 atom stereocenters. The van der Waals surface area contributed by atoms with Crippen molar-refractivity contribution in [2.75, 3.05) is 49.9 Å². The Morgan fingerprint density at radius 1 is 0.935 bits per heavy atom. The number of benzene rings is 2. The summed E-state index contributed by atoms with van der Waals surface area (Å²) in [5.41, 5.74) is 1.96. The highest BCUT2D eigenvalue weighted by Crippen LogP contribution is 2.33. The predicted molar refractivity (Wildman–Crippen MR) is 127 cm³/mol. The van der Waals surface area contributed by atoms with Crippen LogP contribution in [0.1, 0.15) is 12.0 Å². The molecule has 1 fully saturated rings. The third-order valence-corrected chi connectivity index (χ3v) is 8.26. The largest absolute Gasteiger partial charge is 0.361 e. The second-order valence-electron chi connectivity index (χ2n) is 7.63. The molecule has 6 nitrogen and oxygen atoms in total. The van der Waals surface area contributed by atoms with Crippen LogP contribution >= 0.6 is 11.8 Å². The Hall–Kier alpha value is -2.29. The van der Waals surface area contributed by atoms with Gasteiger partial charge in [-0.2, -0.15) is 4.31 Å². The molecule has 8 heteroatoms. The lowest BCUT2D eigenvalue weighted by atomic mass is 10.2. The number of anilines is 1. The van der Waals surface area contributed by atoms with E-state index in [9.17, 15) is 13.2 Å². The van der Waals surface area contributed by atoms with E-state index in [1.807, 2.05) is 54.2 Å². The summed E-state index contributed by atoms with van der Waals surface area (Å²) in [4.78, 5) is 18.1. The molecule has 0 aliphatic carbocycles. The van der Waals surface area contributed by atoms with Crippen molar-refractivity contribution in [2.45, 2.75) is 11.3 Å². The number of para-hydroxylation sites is 1. The van der Waals surface area contributed by atoms with Gasteiger partial charge in [0.15, 0.2) is 0 Å². The van der Waals surface area contributed by atoms with Gasteiger partial charge in [-0.15, -0.1) is 11.8 Å². The molecule has 1 saturated heterocycles. The van der Waals surface area contributed by atoms with Crippen LogP contribution in [0.4, 0.5) is 5.69 Å². The van der Waals surface area contributed by atoms with Crippen LogP contribution in [0, 0.1) is 0 Å². The van der Waals surface area contributed by atoms with Crippen LogP contribution in [0.15, 0.2) is 64.9 Å². The second kappa shape index (κ2) is 9.89. The number of fused-ring (bicyclic) bond motifs is 1. The van der Waals surface area contributed by atoms with Gasteiger partial charge in [0.05, 0.1) is 12.2 Å². The molecule has 0 aromatic heterocycles. The van der Waals surface area contributed by atoms with Crippen molar-refractivity contribution in [1.29, 1.82) is 0 Å². The van der Waals surface area contributed by atoms with E-state index < -0.39 is 10.0 Å². The molecule has 2 aliphatic rings. The maximum absolute atomic E-state index is 13.0. The van der Waals surface area contributed by atoms with Crippen molar-refractivity contribution in [3.8, 4) is 0 Å². The first-order valence-corrected chi connectivity index (χ1v) is 13.0. The van der Waals surface area contributed by atoms with Gasteiger partial charge in [0.2, 0.25) is 15.9 Å². The van der Waals surface area contributed by atoms with Crippen LogP contribution in [-0.2, 0) is 14.8 Å². The topological polar surface area (TPSA) is 60.9 Å². The number of carbonyl (C=O) groups is 1. The Morgan fingerprint density at radius 2 is 1.65 bits per heavy atom. The van der Waals surface area contributed by atoms with Gasteiger partial charge in [-0.25, -0.2) is 8.42 Å². The molecule has 4 rings (SSSR count). The number of rotatable bonds is 5. The van der Waals surface area contributed by atoms with Crippen LogP contribution in [0.5, 0.6) is 0 Å². The van der Waals surface area contributed by atoms with Gasteiger partial charge in [0, 0.05) is 43.0 Å². The number of nitrogens with zero attached hydrogens (tertiary/aromatic N) is 3. The summed E-state index contributed by atoms with van der Waals surface area (Å²) in [5.74, 6) is 1.10. The molecule has 164 valence electrons. The third-order valence-electron chi connectivity index (χ3n) is 5.55. The molecule has 0 saturated carbocycles. The average Bonchev–Trinajstić information content (AvgIpc) is 3.01. The van der Waals surface area contributed by atoms with Crippen molar-refractivity contribution in [2.24, 2.45) is 0 Å². The fraction of sp³-hybridized carbons (Fsp3) is 0.348. The Bertz CT molecular complexity index is 1030. The molecule has 2 heterocycles. The van der Waals surface area contributed by atoms with Gasteiger partial charge in [-0.1, -0.05) is 42.5 Å². The van der Waals surface area contributed by atoms with E-state index in [1.165, 1.54) is 14.6 Å². The Morgan fingerprint density at radius 3 is 2.42 bits per heavy atom. The van der Waals surface area contributed by atoms with Crippen LogP contribution in [0.25, 0.3) is 6.08 Å². The number of piperazine rings is 1. The number of carbonyl (C=O) groups excluding carboxylic acids is 1. The van der Waals surface area contributed by atoms with Crippen molar-refractivity contribution in [3.63, 3.8) is 0 Å². The number of hydrogen-bond donors (Lipinski definition) is 0. The lowest BCUT2D eigenvalue weighted by molar-refractivity contribution is -0.130. The number of thioether (sulfide) groups is 1. The van der Waals surface area contributed by atoms with E-state index >= 15 is 0 Å². The normalized spacial score (nSPS) is 18.1. The molecule has 0 spiro atoms. The first-order valence-electron chi connectivity index (χ1n) is 10.5. The van der Waals surface area contributed by atoms with E-state index in [0.717, 1.165) is 30.0 Å². The lowest BCUT2D eigenvalue weighted by Gasteiger charge is -2.35. The van der Waals surface area contributed by atoms with E-state index in [4.69, 9.17) is 0 Å². The van der Waals surface area contributed by atoms with Crippen molar-refractivity contribution >= 4 is 39.5 Å². The number of sulfonamides is 1. The first-order chi connectivity index (χ1) is 15.0. The van der Waals surface area contributed by atoms with E-state index in [0.29, 0.717) is 32.7 Å². The zero-order chi connectivity index (χ0) is 21.7. The third kappa shape index (κ3) is 5.50. The minimum absolute atomic E-state index is 0.0542. The fourth-order valence-corrected chi connectivity index (χ4v) is 6.02. The quantitative estimate of drug-likeness (QED) is 0.690. The van der Waals surface area contributed by atoms with Gasteiger partial charge in [0.25, 0.3) is 0 Å². The van der Waals surface area contributed by atoms with Crippen molar-refractivity contribution < 1.29 is 13.2 Å². The zero-order valence-corrected chi connectivity index (χ0v) is 19.0. The van der Waals surface area contributed by atoms with Gasteiger partial charge in [0.1, 0.15) is 0 Å². The summed E-state index contributed by atoms with van der Waals surface area (Å²) in [5, 5.41) is 1.26. The molecule has 2 aromatic rings. The molecule has 0 radical (unpaired) electrons. The highest BCUT2D eigenvalue weighted by atomic mass is 32.2. The Kier molecular flexibility index (Phi) is 6.99. The standard InChI is InChI=1S/C23H27N3O3S2/c27-23(19-25-12-6-17-30-22-10-5-4-9-21(22)25)24-13-15-26(16-14-24)31(28,29)18-11-20-7-2-1-3-8-20/h1-5,7-11,18H,6,12-17,19H2. The molecule has 31 heavy (non-hydrogen) atoms. The minimum Gasteiger partial charge on any atom is -0.361 e. The highest BCUT2D eigenvalue weighted by molar-refractivity contribution is 7.99. The van der Waals surface area contributed by atoms with Crippen molar-refractivity contribution in [1.82, 2.24) is 9.21 Å². The first kappa shape index (κ1) is 21.9. The van der Waals surface area contributed by atoms with Gasteiger partial charge >= 0.3 is 0 Å². The van der Waals surface area contributed by atoms with E-state index in [1.54, 1.807) is 11.0 Å². The smallest absolute Gasteiger partial charge is 0.242 e. The highest BCUT2D eigenvalue weighted by Gasteiger charge is 2.28. The minimum atomic E-state index is -3.50. The lowest BCUT2D eigenvalue weighted by Crippen LogP contribution is -2.52. The Balaban J connectivity index is 1.34. The average molecular weight is 458 g/mol. The molecule has 0 unspecified atom stereocenters. The maximum atomic E-state index is 13.0. The van der Waals surface area contributed by atoms with Gasteiger partial charge in [-0.3, -0.25) is 4.79 Å². The van der Waals surface area contributed by atoms with Crippen LogP contribution < -0.4 is 4.90 Å². The van der Waals surface area contributed by atoms with E-state index in [2.05, 4.69) is 17.0 Å². The van der Waals surface area contributed by atoms with Crippen molar-refractivity contribution in [3.05, 3.63) is 65.6 Å². The summed E-state index contributed by atoms with van der Waals surface area (Å²) in [6.45, 7) is 2.66. The van der Waals surface area contributed by atoms with Gasteiger partial charge < -0.3 is 9.80 Å². The molecule has 2 aliphatic heterocycles. The summed E-state index contributed by atoms with van der Waals surface area (Å²) >= 11 is 1.84. The summed E-state index contributed by atoms with van der Waals surface area (Å²) in [7, 11) is -3.50. The molecule has 0 N–H and O–H groups in total. The van der Waals surface area contributed by atoms with E-state index in [-0.39, 0.29) is 5.91 Å². The number of hydrogen-bond acceptors (Lipinski definition) is 5. The van der Waals surface area contributed by atoms with Crippen LogP contribution in [0.3, 0.4) is 0 Å². The summed E-state index contributed by atoms with van der Waals surface area (Å²) in [6.07, 6.45) is 2.65. The monoisotopic (exact) mass is 457 g/mol. The zero-order valence-electron chi connectivity index (χ0n) is 17.4. The fourth-order valence-electron chi connectivity index (χ4n) is 3.83. The second-order valence-corrected chi connectivity index (χ2v) is 10.6. The molecule has 1 amide bonds. The maximum Gasteiger partial charge on any atom is 0.242 e. The summed E-state index contributed by atoms with van der Waals surface area (Å²) < 4.78 is 26.8. The summed E-state index contributed by atoms with van der Waals surface area (Å²) in [6, 6.07) is 17.6. The molecule has 0 bridgehead atoms. The molecular weight excluding hydrogens is 430 g/mol. The van der Waals surface area contributed by atoms with Crippen LogP contribution in [-0.4, -0.2) is 68.6 Å². The number of amides is 1. The van der Waals surface area contributed by atoms with Gasteiger partial charge in [-0.05, 0) is 35.9 Å². The Labute approximate surface area is 188 Å². The molecular formula is C23H27N3O3S2. The van der Waals surface area contributed by atoms with Crippen LogP contribution in [0.2, 0.25) is 0 Å².